The number of carbonyl (C=O) groups excluding carboxylic acids is 1. The third-order valence-electron chi connectivity index (χ3n) is 5.49. The maximum Gasteiger partial charge on any atom is 0.315 e. The van der Waals surface area contributed by atoms with Crippen LogP contribution >= 0.6 is 0 Å². The predicted molar refractivity (Wildman–Crippen MR) is 98.7 cm³/mol. The van der Waals surface area contributed by atoms with Crippen LogP contribution in [0.15, 0.2) is 18.2 Å². The summed E-state index contributed by atoms with van der Waals surface area (Å²) in [6.07, 6.45) is 6.10. The lowest BCUT2D eigenvalue weighted by molar-refractivity contribution is 0.153. The van der Waals surface area contributed by atoms with Crippen molar-refractivity contribution < 1.29 is 9.90 Å². The van der Waals surface area contributed by atoms with Crippen LogP contribution < -0.4 is 15.5 Å². The number of nitrogens with zero attached hydrogens (tertiary/aromatic N) is 2. The van der Waals surface area contributed by atoms with Gasteiger partial charge in [0, 0.05) is 43.4 Å². The number of aliphatic hydroxyl groups is 1. The zero-order chi connectivity index (χ0) is 17.6. The highest BCUT2D eigenvalue weighted by Gasteiger charge is 2.27. The van der Waals surface area contributed by atoms with E-state index in [-0.39, 0.29) is 30.6 Å². The summed E-state index contributed by atoms with van der Waals surface area (Å²) < 4.78 is 0. The van der Waals surface area contributed by atoms with Crippen molar-refractivity contribution in [3.8, 4) is 0 Å². The van der Waals surface area contributed by atoms with Crippen LogP contribution in [0.25, 0.3) is 0 Å². The van der Waals surface area contributed by atoms with Crippen LogP contribution in [-0.4, -0.2) is 47.9 Å². The van der Waals surface area contributed by atoms with Gasteiger partial charge in [0.25, 0.3) is 0 Å². The van der Waals surface area contributed by atoms with Gasteiger partial charge < -0.3 is 20.6 Å². The molecule has 0 spiro atoms. The lowest BCUT2D eigenvalue weighted by atomic mass is 9.85. The number of aliphatic hydroxyl groups excluding tert-OH is 1. The van der Waals surface area contributed by atoms with Crippen molar-refractivity contribution in [2.75, 3.05) is 24.6 Å². The fourth-order valence-corrected chi connectivity index (χ4v) is 3.97. The second-order valence-corrected chi connectivity index (χ2v) is 7.35. The number of anilines is 1. The number of carbonyl (C=O) groups is 1. The predicted octanol–water partition coefficient (Wildman–Crippen LogP) is 2.21. The number of hydrogen-bond acceptors (Lipinski definition) is 4. The van der Waals surface area contributed by atoms with Crippen molar-refractivity contribution >= 4 is 11.8 Å². The lowest BCUT2D eigenvalue weighted by Crippen LogP contribution is -2.52. The second-order valence-electron chi connectivity index (χ2n) is 7.35. The Labute approximate surface area is 150 Å². The van der Waals surface area contributed by atoms with E-state index in [0.717, 1.165) is 63.1 Å². The third-order valence-corrected chi connectivity index (χ3v) is 5.49. The fraction of sp³-hybridized carbons (Fsp3) is 0.684. The molecule has 3 rings (SSSR count). The summed E-state index contributed by atoms with van der Waals surface area (Å²) in [5.74, 6) is 1.23. The van der Waals surface area contributed by atoms with Crippen molar-refractivity contribution in [3.63, 3.8) is 0 Å². The van der Waals surface area contributed by atoms with E-state index in [4.69, 9.17) is 0 Å². The first-order valence-electron chi connectivity index (χ1n) is 9.52. The fourth-order valence-electron chi connectivity index (χ4n) is 3.97. The number of nitrogens with one attached hydrogen (secondary N) is 2. The Bertz CT molecular complexity index is 572. The third kappa shape index (κ3) is 4.84. The van der Waals surface area contributed by atoms with Crippen LogP contribution in [0.4, 0.5) is 10.6 Å². The van der Waals surface area contributed by atoms with Crippen LogP contribution in [0.2, 0.25) is 0 Å². The van der Waals surface area contributed by atoms with E-state index in [1.54, 1.807) is 0 Å². The Morgan fingerprint density at radius 3 is 2.68 bits per heavy atom. The molecule has 2 heterocycles. The molecule has 6 nitrogen and oxygen atoms in total. The van der Waals surface area contributed by atoms with Gasteiger partial charge in [0.1, 0.15) is 5.82 Å². The van der Waals surface area contributed by atoms with Crippen LogP contribution in [0, 0.1) is 12.8 Å². The van der Waals surface area contributed by atoms with E-state index in [1.165, 1.54) is 0 Å². The largest absolute Gasteiger partial charge is 0.396 e. The van der Waals surface area contributed by atoms with Crippen LogP contribution in [0.3, 0.4) is 0 Å². The Hall–Kier alpha value is -1.82. The van der Waals surface area contributed by atoms with Gasteiger partial charge in [-0.25, -0.2) is 9.78 Å². The Kier molecular flexibility index (Phi) is 6.13. The molecule has 1 aliphatic carbocycles. The van der Waals surface area contributed by atoms with Crippen LogP contribution in [0.5, 0.6) is 0 Å². The molecule has 138 valence electrons. The molecular formula is C19H30N4O2. The normalized spacial score (nSPS) is 24.8. The molecule has 1 aromatic rings. The zero-order valence-electron chi connectivity index (χ0n) is 15.1. The van der Waals surface area contributed by atoms with E-state index in [1.807, 2.05) is 25.1 Å². The molecule has 6 heteroatoms. The summed E-state index contributed by atoms with van der Waals surface area (Å²) in [7, 11) is 0. The molecule has 2 aliphatic rings. The number of aryl methyl sites for hydroxylation is 1. The Balaban J connectivity index is 1.44. The van der Waals surface area contributed by atoms with Gasteiger partial charge in [-0.3, -0.25) is 0 Å². The number of hydrogen-bond donors (Lipinski definition) is 3. The summed E-state index contributed by atoms with van der Waals surface area (Å²) >= 11 is 0. The van der Waals surface area contributed by atoms with Crippen molar-refractivity contribution in [1.82, 2.24) is 15.6 Å². The van der Waals surface area contributed by atoms with E-state index in [9.17, 15) is 9.90 Å². The number of piperidine rings is 1. The SMILES string of the molecule is Cc1cccc(N2CCC(NC(=O)NC3CCCCC3CO)CC2)n1. The molecule has 2 unspecified atom stereocenters. The van der Waals surface area contributed by atoms with E-state index < -0.39 is 0 Å². The van der Waals surface area contributed by atoms with Crippen molar-refractivity contribution in [1.29, 1.82) is 0 Å². The molecule has 2 amide bonds. The molecular weight excluding hydrogens is 316 g/mol. The van der Waals surface area contributed by atoms with Crippen molar-refractivity contribution in [3.05, 3.63) is 23.9 Å². The molecule has 1 saturated heterocycles. The number of urea groups is 1. The van der Waals surface area contributed by atoms with Gasteiger partial charge in [0.2, 0.25) is 0 Å². The topological polar surface area (TPSA) is 77.5 Å². The maximum atomic E-state index is 12.3. The van der Waals surface area contributed by atoms with Crippen LogP contribution in [-0.2, 0) is 0 Å². The van der Waals surface area contributed by atoms with Gasteiger partial charge in [-0.2, -0.15) is 0 Å². The number of aromatic nitrogens is 1. The zero-order valence-corrected chi connectivity index (χ0v) is 15.1. The standard InChI is InChI=1S/C19H30N4O2/c1-14-5-4-8-18(20-14)23-11-9-16(10-12-23)21-19(25)22-17-7-3-2-6-15(17)13-24/h4-5,8,15-17,24H,2-3,6-7,9-13H2,1H3,(H2,21,22,25). The number of pyridine rings is 1. The molecule has 2 atom stereocenters. The monoisotopic (exact) mass is 346 g/mol. The quantitative estimate of drug-likeness (QED) is 0.781. The molecule has 25 heavy (non-hydrogen) atoms. The van der Waals surface area contributed by atoms with Gasteiger partial charge in [-0.15, -0.1) is 0 Å². The van der Waals surface area contributed by atoms with Gasteiger partial charge in [-0.1, -0.05) is 18.9 Å². The van der Waals surface area contributed by atoms with Crippen molar-refractivity contribution in [2.24, 2.45) is 5.92 Å². The molecule has 2 fully saturated rings. The summed E-state index contributed by atoms with van der Waals surface area (Å²) in [4.78, 5) is 19.2. The second kappa shape index (κ2) is 8.52. The number of rotatable bonds is 4. The molecule has 0 aromatic carbocycles. The minimum absolute atomic E-state index is 0.0857. The van der Waals surface area contributed by atoms with Gasteiger partial charge in [0.15, 0.2) is 0 Å². The Morgan fingerprint density at radius 2 is 1.96 bits per heavy atom. The van der Waals surface area contributed by atoms with Crippen molar-refractivity contribution in [2.45, 2.75) is 57.5 Å². The highest BCUT2D eigenvalue weighted by molar-refractivity contribution is 5.74. The molecule has 3 N–H and O–H groups in total. The van der Waals surface area contributed by atoms with Gasteiger partial charge >= 0.3 is 6.03 Å². The van der Waals surface area contributed by atoms with E-state index >= 15 is 0 Å². The Morgan fingerprint density at radius 1 is 1.20 bits per heavy atom. The highest BCUT2D eigenvalue weighted by Crippen LogP contribution is 2.24. The molecule has 0 radical (unpaired) electrons. The summed E-state index contributed by atoms with van der Waals surface area (Å²) in [5, 5.41) is 15.7. The first-order chi connectivity index (χ1) is 12.2. The summed E-state index contributed by atoms with van der Waals surface area (Å²) in [6, 6.07) is 6.32. The summed E-state index contributed by atoms with van der Waals surface area (Å²) in [5.41, 5.74) is 1.03. The smallest absolute Gasteiger partial charge is 0.315 e. The minimum Gasteiger partial charge on any atom is -0.396 e. The number of amides is 2. The maximum absolute atomic E-state index is 12.3. The average Bonchev–Trinajstić information content (AvgIpc) is 2.63. The average molecular weight is 346 g/mol. The minimum atomic E-state index is -0.0857. The molecule has 0 bridgehead atoms. The highest BCUT2D eigenvalue weighted by atomic mass is 16.3. The molecule has 1 aromatic heterocycles. The van der Waals surface area contributed by atoms with E-state index in [2.05, 4.69) is 20.5 Å². The first-order valence-corrected chi connectivity index (χ1v) is 9.52. The first kappa shape index (κ1) is 18.0. The molecule has 1 saturated carbocycles. The summed E-state index contributed by atoms with van der Waals surface area (Å²) in [6.45, 7) is 3.98. The van der Waals surface area contributed by atoms with Crippen LogP contribution in [0.1, 0.15) is 44.2 Å². The van der Waals surface area contributed by atoms with Gasteiger partial charge in [0.05, 0.1) is 0 Å². The van der Waals surface area contributed by atoms with Gasteiger partial charge in [-0.05, 0) is 44.7 Å². The lowest BCUT2D eigenvalue weighted by Gasteiger charge is -2.35. The molecule has 1 aliphatic heterocycles. The van der Waals surface area contributed by atoms with E-state index in [0.29, 0.717) is 0 Å².